The number of amides is 1. The van der Waals surface area contributed by atoms with Crippen LogP contribution < -0.4 is 11.5 Å². The van der Waals surface area contributed by atoms with Gasteiger partial charge in [0.05, 0.1) is 0 Å². The van der Waals surface area contributed by atoms with Crippen LogP contribution in [0.15, 0.2) is 12.7 Å². The highest BCUT2D eigenvalue weighted by Gasteiger charge is 2.02. The normalized spacial score (nSPS) is 10.4. The Morgan fingerprint density at radius 3 is 1.73 bits per heavy atom. The molecule has 0 saturated carbocycles. The Morgan fingerprint density at radius 1 is 1.55 bits per heavy atom. The third-order valence-electron chi connectivity index (χ3n) is 0.454. The second-order valence-corrected chi connectivity index (χ2v) is 1.39. The molecular formula is C5H10N2O4. The smallest absolute Gasteiger partial charge is 0.347 e. The monoisotopic (exact) mass is 162 g/mol. The predicted molar refractivity (Wildman–Crippen MR) is 37.2 cm³/mol. The lowest BCUT2D eigenvalue weighted by atomic mass is 10.6. The lowest BCUT2D eigenvalue weighted by Crippen LogP contribution is -2.28. The number of aliphatic carboxylic acids is 1. The van der Waals surface area contributed by atoms with Gasteiger partial charge in [0.25, 0.3) is 0 Å². The van der Waals surface area contributed by atoms with E-state index >= 15 is 0 Å². The Labute approximate surface area is 63.1 Å². The summed E-state index contributed by atoms with van der Waals surface area (Å²) >= 11 is 0. The van der Waals surface area contributed by atoms with Crippen molar-refractivity contribution in [3.05, 3.63) is 12.7 Å². The second-order valence-electron chi connectivity index (χ2n) is 1.39. The third kappa shape index (κ3) is 17.7. The molecule has 0 aromatic rings. The van der Waals surface area contributed by atoms with Gasteiger partial charge in [-0.05, 0) is 6.08 Å². The van der Waals surface area contributed by atoms with E-state index in [0.29, 0.717) is 0 Å². The Balaban J connectivity index is 0. The van der Waals surface area contributed by atoms with Crippen molar-refractivity contribution in [1.82, 2.24) is 0 Å². The van der Waals surface area contributed by atoms with E-state index in [1.807, 2.05) is 0 Å². The number of carboxylic acid groups (broad SMARTS) is 1. The average Bonchev–Trinajstić information content (AvgIpc) is 1.89. The molecule has 0 saturated heterocycles. The molecule has 0 aliphatic heterocycles. The minimum absolute atomic E-state index is 0.481. The molecular weight excluding hydrogens is 152 g/mol. The highest BCUT2D eigenvalue weighted by molar-refractivity contribution is 5.84. The molecule has 0 aliphatic rings. The van der Waals surface area contributed by atoms with E-state index in [1.165, 1.54) is 0 Å². The zero-order valence-corrected chi connectivity index (χ0v) is 5.73. The number of aliphatic hydroxyl groups is 1. The van der Waals surface area contributed by atoms with Crippen LogP contribution in [0, 0.1) is 0 Å². The first-order valence-electron chi connectivity index (χ1n) is 2.50. The van der Waals surface area contributed by atoms with Crippen molar-refractivity contribution in [2.45, 2.75) is 6.23 Å². The van der Waals surface area contributed by atoms with E-state index in [2.05, 4.69) is 18.0 Å². The number of rotatable bonds is 2. The summed E-state index contributed by atoms with van der Waals surface area (Å²) in [5, 5.41) is 15.4. The van der Waals surface area contributed by atoms with E-state index in [-0.39, 0.29) is 0 Å². The molecule has 0 radical (unpaired) electrons. The van der Waals surface area contributed by atoms with Crippen LogP contribution in [0.1, 0.15) is 0 Å². The first kappa shape index (κ1) is 12.3. The number of primary amides is 1. The molecule has 0 heterocycles. The van der Waals surface area contributed by atoms with Gasteiger partial charge in [-0.3, -0.25) is 10.5 Å². The molecule has 0 bridgehead atoms. The molecule has 1 atom stereocenters. The van der Waals surface area contributed by atoms with Crippen LogP contribution in [0.2, 0.25) is 0 Å². The van der Waals surface area contributed by atoms with Crippen LogP contribution in [-0.4, -0.2) is 28.3 Å². The van der Waals surface area contributed by atoms with Crippen molar-refractivity contribution < 1.29 is 19.8 Å². The zero-order chi connectivity index (χ0) is 9.44. The molecule has 0 aromatic carbocycles. The van der Waals surface area contributed by atoms with Crippen LogP contribution in [0.4, 0.5) is 0 Å². The number of carboxylic acids is 1. The molecule has 11 heavy (non-hydrogen) atoms. The van der Waals surface area contributed by atoms with Crippen LogP contribution >= 0.6 is 0 Å². The molecule has 1 amide bonds. The first-order chi connectivity index (χ1) is 4.91. The molecule has 64 valence electrons. The van der Waals surface area contributed by atoms with Crippen molar-refractivity contribution >= 4 is 11.9 Å². The van der Waals surface area contributed by atoms with E-state index in [4.69, 9.17) is 10.2 Å². The number of nitrogens with two attached hydrogens (primary N) is 2. The Bertz CT molecular complexity index is 155. The minimum atomic E-state index is -1.73. The van der Waals surface area contributed by atoms with Gasteiger partial charge in [-0.25, -0.2) is 4.79 Å². The third-order valence-corrected chi connectivity index (χ3v) is 0.454. The van der Waals surface area contributed by atoms with Crippen LogP contribution in [0.25, 0.3) is 0 Å². The fraction of sp³-hybridized carbons (Fsp3) is 0.200. The largest absolute Gasteiger partial charge is 0.478 e. The van der Waals surface area contributed by atoms with Crippen molar-refractivity contribution in [1.29, 1.82) is 0 Å². The Hall–Kier alpha value is -1.40. The van der Waals surface area contributed by atoms with Crippen LogP contribution in [0.5, 0.6) is 0 Å². The summed E-state index contributed by atoms with van der Waals surface area (Å²) in [7, 11) is 0. The van der Waals surface area contributed by atoms with Crippen molar-refractivity contribution in [3.63, 3.8) is 0 Å². The maximum atomic E-state index is 9.47. The quantitative estimate of drug-likeness (QED) is 0.276. The van der Waals surface area contributed by atoms with Crippen LogP contribution in [-0.2, 0) is 9.59 Å². The van der Waals surface area contributed by atoms with Gasteiger partial charge < -0.3 is 15.9 Å². The minimum Gasteiger partial charge on any atom is -0.478 e. The highest BCUT2D eigenvalue weighted by atomic mass is 16.4. The summed E-state index contributed by atoms with van der Waals surface area (Å²) in [5.74, 6) is -1.89. The summed E-state index contributed by atoms with van der Waals surface area (Å²) < 4.78 is 0. The lowest BCUT2D eigenvalue weighted by molar-refractivity contribution is -0.146. The number of hydrogen-bond donors (Lipinski definition) is 4. The molecule has 0 rings (SSSR count). The van der Waals surface area contributed by atoms with Crippen molar-refractivity contribution in [2.75, 3.05) is 0 Å². The number of carbonyl (C=O) groups is 2. The second kappa shape index (κ2) is 6.72. The van der Waals surface area contributed by atoms with Crippen molar-refractivity contribution in [2.24, 2.45) is 11.5 Å². The molecule has 0 fully saturated rings. The highest BCUT2D eigenvalue weighted by Crippen LogP contribution is 1.62. The van der Waals surface area contributed by atoms with Gasteiger partial charge in [-0.15, -0.1) is 0 Å². The van der Waals surface area contributed by atoms with E-state index in [0.717, 1.165) is 6.08 Å². The van der Waals surface area contributed by atoms with Crippen LogP contribution in [0.3, 0.4) is 0 Å². The molecule has 6 N–H and O–H groups in total. The van der Waals surface area contributed by atoms with Gasteiger partial charge in [0, 0.05) is 0 Å². The topological polar surface area (TPSA) is 127 Å². The molecule has 6 nitrogen and oxygen atoms in total. The van der Waals surface area contributed by atoms with E-state index in [9.17, 15) is 9.59 Å². The van der Waals surface area contributed by atoms with E-state index < -0.39 is 18.1 Å². The van der Waals surface area contributed by atoms with Gasteiger partial charge in [0.15, 0.2) is 0 Å². The average molecular weight is 162 g/mol. The van der Waals surface area contributed by atoms with Gasteiger partial charge in [0.1, 0.15) is 0 Å². The fourth-order valence-corrected chi connectivity index (χ4v) is 0. The SMILES string of the molecule is C=CC(N)=O.NC(O)C(=O)O. The zero-order valence-electron chi connectivity index (χ0n) is 5.73. The van der Waals surface area contributed by atoms with Gasteiger partial charge in [-0.1, -0.05) is 6.58 Å². The van der Waals surface area contributed by atoms with Gasteiger partial charge in [0.2, 0.25) is 12.1 Å². The summed E-state index contributed by atoms with van der Waals surface area (Å²) in [6.07, 6.45) is -0.676. The maximum Gasteiger partial charge on any atom is 0.347 e. The summed E-state index contributed by atoms with van der Waals surface area (Å²) in [6.45, 7) is 3.09. The van der Waals surface area contributed by atoms with E-state index in [1.54, 1.807) is 0 Å². The predicted octanol–water partition coefficient (Wildman–Crippen LogP) is -1.99. The standard InChI is InChI=1S/C3H5NO.C2H5NO3/c1-2-3(4)5;3-1(4)2(5)6/h2H,1H2,(H2,4,5);1,4H,3H2,(H,5,6). The Morgan fingerprint density at radius 2 is 1.73 bits per heavy atom. The molecule has 0 aliphatic carbocycles. The summed E-state index contributed by atoms with van der Waals surface area (Å²) in [6, 6.07) is 0. The summed E-state index contributed by atoms with van der Waals surface area (Å²) in [5.41, 5.74) is 8.93. The maximum absolute atomic E-state index is 9.47. The Kier molecular flexibility index (Phi) is 7.51. The molecule has 1 unspecified atom stereocenters. The fourth-order valence-electron chi connectivity index (χ4n) is 0. The summed E-state index contributed by atoms with van der Waals surface area (Å²) in [4.78, 5) is 18.8. The molecule has 0 spiro atoms. The lowest BCUT2D eigenvalue weighted by Gasteiger charge is -1.89. The van der Waals surface area contributed by atoms with Gasteiger partial charge in [-0.2, -0.15) is 0 Å². The van der Waals surface area contributed by atoms with Crippen molar-refractivity contribution in [3.8, 4) is 0 Å². The number of hydrogen-bond acceptors (Lipinski definition) is 4. The molecule has 6 heteroatoms. The first-order valence-corrected chi connectivity index (χ1v) is 2.50. The number of carbonyl (C=O) groups excluding carboxylic acids is 1. The van der Waals surface area contributed by atoms with Gasteiger partial charge >= 0.3 is 5.97 Å². The molecule has 0 aromatic heterocycles. The number of aliphatic hydroxyl groups excluding tert-OH is 1.